The number of hydrogen-bond acceptors (Lipinski definition) is 3. The van der Waals surface area contributed by atoms with Gasteiger partial charge in [0.2, 0.25) is 0 Å². The van der Waals surface area contributed by atoms with Crippen LogP contribution < -0.4 is 15.1 Å². The second kappa shape index (κ2) is 20.1. The minimum absolute atomic E-state index is 0.0605. The van der Waals surface area contributed by atoms with Gasteiger partial charge >= 0.3 is 0 Å². The summed E-state index contributed by atoms with van der Waals surface area (Å²) in [7, 11) is -0.988. The first kappa shape index (κ1) is 39.8. The fourth-order valence-electron chi connectivity index (χ4n) is 8.22. The van der Waals surface area contributed by atoms with E-state index in [1.165, 1.54) is 60.0 Å². The molecule has 1 fully saturated rings. The highest BCUT2D eigenvalue weighted by Crippen LogP contribution is 2.47. The van der Waals surface area contributed by atoms with Crippen LogP contribution in [0.15, 0.2) is 128 Å². The molecule has 0 heterocycles. The van der Waals surface area contributed by atoms with Crippen molar-refractivity contribution in [1.82, 2.24) is 0 Å². The summed E-state index contributed by atoms with van der Waals surface area (Å²) in [6.07, 6.45) is 15.1. The van der Waals surface area contributed by atoms with E-state index in [-0.39, 0.29) is 15.9 Å². The van der Waals surface area contributed by atoms with E-state index in [1.54, 1.807) is 0 Å². The minimum Gasteiger partial charge on any atom is -0.494 e. The quantitative estimate of drug-likeness (QED) is 0.0488. The lowest BCUT2D eigenvalue weighted by atomic mass is 9.66. The van der Waals surface area contributed by atoms with Crippen LogP contribution >= 0.6 is 0 Å². The zero-order valence-corrected chi connectivity index (χ0v) is 33.3. The van der Waals surface area contributed by atoms with E-state index in [0.717, 1.165) is 44.5 Å². The van der Waals surface area contributed by atoms with Crippen molar-refractivity contribution in [1.29, 1.82) is 0 Å². The van der Waals surface area contributed by atoms with E-state index >= 15 is 0 Å². The highest BCUT2D eigenvalue weighted by atomic mass is 28.3. The van der Waals surface area contributed by atoms with Gasteiger partial charge in [0, 0.05) is 5.41 Å². The molecule has 0 unspecified atom stereocenters. The molecular weight excluding hydrogens is 653 g/mol. The van der Waals surface area contributed by atoms with Crippen LogP contribution in [0, 0.1) is 10.8 Å². The lowest BCUT2D eigenvalue weighted by Crippen LogP contribution is -2.48. The molecule has 0 spiro atoms. The molecule has 1 saturated carbocycles. The molecular formula is C48H63O3Si. The van der Waals surface area contributed by atoms with Crippen molar-refractivity contribution >= 4 is 19.2 Å². The van der Waals surface area contributed by atoms with Gasteiger partial charge in [0.1, 0.15) is 14.5 Å². The van der Waals surface area contributed by atoms with Crippen molar-refractivity contribution in [2.45, 2.75) is 110 Å². The van der Waals surface area contributed by atoms with E-state index in [0.29, 0.717) is 26.4 Å². The first-order chi connectivity index (χ1) is 25.3. The van der Waals surface area contributed by atoms with E-state index in [2.05, 4.69) is 149 Å². The van der Waals surface area contributed by atoms with Crippen LogP contribution in [-0.2, 0) is 22.7 Å². The summed E-state index contributed by atoms with van der Waals surface area (Å²) in [6.45, 7) is 14.6. The van der Waals surface area contributed by atoms with Gasteiger partial charge in [0.15, 0.2) is 0 Å². The summed E-state index contributed by atoms with van der Waals surface area (Å²) in [5.74, 6) is 1.01. The Kier molecular flexibility index (Phi) is 15.4. The Morgan fingerprint density at radius 3 is 1.83 bits per heavy atom. The van der Waals surface area contributed by atoms with Crippen molar-refractivity contribution < 1.29 is 14.2 Å². The van der Waals surface area contributed by atoms with Crippen LogP contribution in [-0.4, -0.2) is 28.6 Å². The first-order valence-corrected chi connectivity index (χ1v) is 21.3. The van der Waals surface area contributed by atoms with E-state index < -0.39 is 8.80 Å². The van der Waals surface area contributed by atoms with Gasteiger partial charge in [0.25, 0.3) is 0 Å². The molecule has 0 aliphatic heterocycles. The molecule has 1 aliphatic carbocycles. The van der Waals surface area contributed by atoms with Crippen LogP contribution in [0.1, 0.15) is 103 Å². The Hall–Kier alpha value is -3.44. The van der Waals surface area contributed by atoms with Crippen molar-refractivity contribution in [3.8, 4) is 5.75 Å². The van der Waals surface area contributed by atoms with E-state index in [4.69, 9.17) is 14.2 Å². The Morgan fingerprint density at radius 1 is 0.673 bits per heavy atom. The highest BCUT2D eigenvalue weighted by Gasteiger charge is 2.38. The summed E-state index contributed by atoms with van der Waals surface area (Å²) >= 11 is 0. The fourth-order valence-corrected chi connectivity index (χ4v) is 11.4. The zero-order valence-electron chi connectivity index (χ0n) is 32.3. The molecule has 4 heteroatoms. The van der Waals surface area contributed by atoms with Crippen LogP contribution in [0.3, 0.4) is 0 Å². The second-order valence-electron chi connectivity index (χ2n) is 16.3. The molecule has 0 amide bonds. The molecule has 5 rings (SSSR count). The molecule has 277 valence electrons. The van der Waals surface area contributed by atoms with Crippen LogP contribution in [0.25, 0.3) is 0 Å². The summed E-state index contributed by atoms with van der Waals surface area (Å²) in [6, 6.07) is 41.2. The summed E-state index contributed by atoms with van der Waals surface area (Å²) in [5.41, 5.74) is 2.66. The number of rotatable bonds is 21. The molecule has 0 aromatic heterocycles. The van der Waals surface area contributed by atoms with Gasteiger partial charge in [-0.3, -0.25) is 0 Å². The molecule has 4 aromatic rings. The van der Waals surface area contributed by atoms with E-state index in [1.807, 2.05) is 0 Å². The summed E-state index contributed by atoms with van der Waals surface area (Å²) in [4.78, 5) is 0. The molecule has 0 atom stereocenters. The standard InChI is InChI=1S/C48H63O3Si/c1-5-6-17-31-48(39-49-37-41-21-11-7-12-22-41,40-50-38-42-23-13-8-14-24-42)33-32-47(29-18-10-19-30-47)34-35-51-43-25-20-28-45(36-43)52(46(2,3)4)44-26-15-9-16-27-44/h5,7-9,11-16,20-28,36H,1,6,10,17-19,29-35,37-40H2,2-4H3. The van der Waals surface area contributed by atoms with Gasteiger partial charge in [-0.25, -0.2) is 0 Å². The zero-order chi connectivity index (χ0) is 36.5. The molecule has 0 saturated heterocycles. The molecule has 4 aromatic carbocycles. The van der Waals surface area contributed by atoms with Crippen molar-refractivity contribution in [2.24, 2.45) is 10.8 Å². The molecule has 0 bridgehead atoms. The van der Waals surface area contributed by atoms with Gasteiger partial charge in [-0.2, -0.15) is 0 Å². The third-order valence-corrected chi connectivity index (χ3v) is 14.4. The van der Waals surface area contributed by atoms with Crippen LogP contribution in [0.2, 0.25) is 5.04 Å². The Balaban J connectivity index is 1.29. The third kappa shape index (κ3) is 12.3. The van der Waals surface area contributed by atoms with Gasteiger partial charge in [-0.1, -0.05) is 160 Å². The maximum atomic E-state index is 6.67. The average Bonchev–Trinajstić information content (AvgIpc) is 3.16. The number of unbranched alkanes of at least 4 members (excludes halogenated alkanes) is 1. The first-order valence-electron chi connectivity index (χ1n) is 19.8. The number of allylic oxidation sites excluding steroid dienone is 1. The molecule has 52 heavy (non-hydrogen) atoms. The molecule has 3 nitrogen and oxygen atoms in total. The number of hydrogen-bond donors (Lipinski definition) is 0. The maximum Gasteiger partial charge on any atom is 0.127 e. The second-order valence-corrected chi connectivity index (χ2v) is 19.7. The highest BCUT2D eigenvalue weighted by molar-refractivity contribution is 6.87. The number of benzene rings is 4. The third-order valence-electron chi connectivity index (χ3n) is 11.1. The molecule has 1 aliphatic rings. The predicted molar refractivity (Wildman–Crippen MR) is 221 cm³/mol. The monoisotopic (exact) mass is 715 g/mol. The fraction of sp³-hybridized carbons (Fsp3) is 0.458. The van der Waals surface area contributed by atoms with Gasteiger partial charge < -0.3 is 14.2 Å². The SMILES string of the molecule is C=CCCCC(CCC1(CCOc2cccc([Si](c3ccccc3)C(C)(C)C)c2)CCCCC1)(COCc1ccccc1)COCc1ccccc1. The summed E-state index contributed by atoms with van der Waals surface area (Å²) in [5, 5.41) is 3.06. The molecule has 1 radical (unpaired) electrons. The Bertz CT molecular complexity index is 1530. The Morgan fingerprint density at radius 2 is 1.25 bits per heavy atom. The van der Waals surface area contributed by atoms with Crippen LogP contribution in [0.5, 0.6) is 5.75 Å². The predicted octanol–water partition coefficient (Wildman–Crippen LogP) is 11.4. The topological polar surface area (TPSA) is 27.7 Å². The normalized spacial score (nSPS) is 14.7. The lowest BCUT2D eigenvalue weighted by Gasteiger charge is -2.42. The lowest BCUT2D eigenvalue weighted by molar-refractivity contribution is -0.0515. The van der Waals surface area contributed by atoms with Crippen molar-refractivity contribution in [3.63, 3.8) is 0 Å². The van der Waals surface area contributed by atoms with Gasteiger partial charge in [0.05, 0.1) is 33.0 Å². The van der Waals surface area contributed by atoms with Crippen molar-refractivity contribution in [2.75, 3.05) is 19.8 Å². The molecule has 0 N–H and O–H groups in total. The van der Waals surface area contributed by atoms with Gasteiger partial charge in [-0.15, -0.1) is 6.58 Å². The summed E-state index contributed by atoms with van der Waals surface area (Å²) < 4.78 is 19.8. The van der Waals surface area contributed by atoms with Crippen LogP contribution in [0.4, 0.5) is 0 Å². The van der Waals surface area contributed by atoms with Crippen molar-refractivity contribution in [3.05, 3.63) is 139 Å². The largest absolute Gasteiger partial charge is 0.494 e. The average molecular weight is 716 g/mol. The van der Waals surface area contributed by atoms with E-state index in [9.17, 15) is 0 Å². The smallest absolute Gasteiger partial charge is 0.127 e. The van der Waals surface area contributed by atoms with Gasteiger partial charge in [-0.05, 0) is 85.1 Å². The minimum atomic E-state index is -0.988. The maximum absolute atomic E-state index is 6.67. The number of ether oxygens (including phenoxy) is 3. The Labute approximate surface area is 317 Å².